The van der Waals surface area contributed by atoms with E-state index in [4.69, 9.17) is 22.1 Å². The van der Waals surface area contributed by atoms with E-state index in [1.54, 1.807) is 24.3 Å². The van der Waals surface area contributed by atoms with Gasteiger partial charge >= 0.3 is 5.97 Å². The monoisotopic (exact) mass is 281 g/mol. The molecule has 0 aliphatic heterocycles. The molecule has 0 aliphatic carbocycles. The maximum absolute atomic E-state index is 11.9. The zero-order valence-corrected chi connectivity index (χ0v) is 11.3. The predicted molar refractivity (Wildman–Crippen MR) is 74.0 cm³/mol. The van der Waals surface area contributed by atoms with E-state index < -0.39 is 0 Å². The lowest BCUT2D eigenvalue weighted by Crippen LogP contribution is -2.07. The molecule has 0 saturated heterocycles. The second kappa shape index (κ2) is 5.42. The molecule has 0 spiro atoms. The highest BCUT2D eigenvalue weighted by atomic mass is 35.5. The fraction of sp³-hybridized carbons (Fsp3) is 0.154. The molecule has 0 aliphatic rings. The van der Waals surface area contributed by atoms with Gasteiger partial charge in [0.05, 0.1) is 9.90 Å². The van der Waals surface area contributed by atoms with Crippen molar-refractivity contribution >= 4 is 34.6 Å². The Morgan fingerprint density at radius 1 is 1.39 bits per heavy atom. The van der Waals surface area contributed by atoms with E-state index in [2.05, 4.69) is 0 Å². The third-order valence-corrected chi connectivity index (χ3v) is 3.66. The lowest BCUT2D eigenvalue weighted by molar-refractivity contribution is 0.0476. The van der Waals surface area contributed by atoms with E-state index in [1.807, 2.05) is 13.0 Å². The summed E-state index contributed by atoms with van der Waals surface area (Å²) in [6, 6.07) is 8.80. The molecule has 1 aromatic carbocycles. The summed E-state index contributed by atoms with van der Waals surface area (Å²) >= 11 is 7.20. The Hall–Kier alpha value is -1.52. The predicted octanol–water partition coefficient (Wildman–Crippen LogP) is 3.65. The Morgan fingerprint density at radius 2 is 2.17 bits per heavy atom. The van der Waals surface area contributed by atoms with E-state index in [0.717, 1.165) is 10.4 Å². The standard InChI is InChI=1S/C13H12ClNO2S/c1-8-2-3-9(15)6-11(8)13(16)17-7-10-4-5-12(14)18-10/h2-6H,7,15H2,1H3. The molecule has 3 nitrogen and oxygen atoms in total. The first-order chi connectivity index (χ1) is 8.56. The molecule has 0 fully saturated rings. The van der Waals surface area contributed by atoms with E-state index in [-0.39, 0.29) is 12.6 Å². The number of hydrogen-bond acceptors (Lipinski definition) is 4. The number of esters is 1. The van der Waals surface area contributed by atoms with E-state index in [1.165, 1.54) is 11.3 Å². The number of aryl methyl sites for hydroxylation is 1. The number of nitrogens with two attached hydrogens (primary N) is 1. The number of ether oxygens (including phenoxy) is 1. The lowest BCUT2D eigenvalue weighted by Gasteiger charge is -2.06. The van der Waals surface area contributed by atoms with Crippen molar-refractivity contribution in [2.45, 2.75) is 13.5 Å². The van der Waals surface area contributed by atoms with Crippen LogP contribution in [0.25, 0.3) is 0 Å². The maximum atomic E-state index is 11.9. The van der Waals surface area contributed by atoms with Crippen LogP contribution in [-0.2, 0) is 11.3 Å². The van der Waals surface area contributed by atoms with Crippen molar-refractivity contribution in [1.82, 2.24) is 0 Å². The van der Waals surface area contributed by atoms with Crippen LogP contribution in [0.15, 0.2) is 30.3 Å². The molecule has 2 rings (SSSR count). The van der Waals surface area contributed by atoms with E-state index in [0.29, 0.717) is 15.6 Å². The zero-order chi connectivity index (χ0) is 13.1. The average molecular weight is 282 g/mol. The Kier molecular flexibility index (Phi) is 3.89. The molecule has 5 heteroatoms. The van der Waals surface area contributed by atoms with Gasteiger partial charge in [0, 0.05) is 10.6 Å². The summed E-state index contributed by atoms with van der Waals surface area (Å²) in [5.41, 5.74) is 7.54. The summed E-state index contributed by atoms with van der Waals surface area (Å²) in [5, 5.41) is 0. The number of rotatable bonds is 3. The average Bonchev–Trinajstić information content (AvgIpc) is 2.75. The minimum Gasteiger partial charge on any atom is -0.456 e. The number of carbonyl (C=O) groups excluding carboxylic acids is 1. The number of thiophene rings is 1. The summed E-state index contributed by atoms with van der Waals surface area (Å²) in [5.74, 6) is -0.371. The van der Waals surface area contributed by atoms with Crippen molar-refractivity contribution in [1.29, 1.82) is 0 Å². The normalized spacial score (nSPS) is 10.3. The molecule has 0 saturated carbocycles. The number of anilines is 1. The van der Waals surface area contributed by atoms with Crippen LogP contribution in [0.4, 0.5) is 5.69 Å². The minimum absolute atomic E-state index is 0.227. The van der Waals surface area contributed by atoms with Crippen LogP contribution < -0.4 is 5.73 Å². The largest absolute Gasteiger partial charge is 0.456 e. The molecule has 0 bridgehead atoms. The number of halogens is 1. The molecular formula is C13H12ClNO2S. The molecule has 1 aromatic heterocycles. The molecule has 2 aromatic rings. The van der Waals surface area contributed by atoms with Crippen LogP contribution in [0.5, 0.6) is 0 Å². The van der Waals surface area contributed by atoms with Gasteiger partial charge in [-0.15, -0.1) is 11.3 Å². The maximum Gasteiger partial charge on any atom is 0.338 e. The molecule has 1 heterocycles. The topological polar surface area (TPSA) is 52.3 Å². The Morgan fingerprint density at radius 3 is 2.83 bits per heavy atom. The Labute approximate surface area is 114 Å². The van der Waals surface area contributed by atoms with E-state index >= 15 is 0 Å². The molecule has 0 radical (unpaired) electrons. The summed E-state index contributed by atoms with van der Waals surface area (Å²) < 4.78 is 5.90. The molecule has 0 amide bonds. The molecule has 0 unspecified atom stereocenters. The van der Waals surface area contributed by atoms with Gasteiger partial charge in [0.1, 0.15) is 6.61 Å². The Bertz CT molecular complexity index is 580. The Balaban J connectivity index is 2.05. The van der Waals surface area contributed by atoms with Crippen LogP contribution >= 0.6 is 22.9 Å². The van der Waals surface area contributed by atoms with Gasteiger partial charge in [-0.2, -0.15) is 0 Å². The fourth-order valence-electron chi connectivity index (χ4n) is 1.50. The second-order valence-electron chi connectivity index (χ2n) is 3.86. The van der Waals surface area contributed by atoms with Crippen molar-refractivity contribution in [3.05, 3.63) is 50.7 Å². The van der Waals surface area contributed by atoms with Gasteiger partial charge in [0.15, 0.2) is 0 Å². The van der Waals surface area contributed by atoms with Gasteiger partial charge in [-0.1, -0.05) is 17.7 Å². The van der Waals surface area contributed by atoms with Gasteiger partial charge < -0.3 is 10.5 Å². The molecular weight excluding hydrogens is 270 g/mol. The van der Waals surface area contributed by atoms with Crippen molar-refractivity contribution in [2.24, 2.45) is 0 Å². The summed E-state index contributed by atoms with van der Waals surface area (Å²) in [6.07, 6.45) is 0. The summed E-state index contributed by atoms with van der Waals surface area (Å²) in [6.45, 7) is 2.07. The van der Waals surface area contributed by atoms with Crippen molar-refractivity contribution in [3.63, 3.8) is 0 Å². The highest BCUT2D eigenvalue weighted by molar-refractivity contribution is 7.16. The van der Waals surface area contributed by atoms with Crippen LogP contribution in [0.2, 0.25) is 4.34 Å². The number of benzene rings is 1. The number of nitrogen functional groups attached to an aromatic ring is 1. The minimum atomic E-state index is -0.371. The smallest absolute Gasteiger partial charge is 0.338 e. The van der Waals surface area contributed by atoms with Gasteiger partial charge in [-0.3, -0.25) is 0 Å². The molecule has 18 heavy (non-hydrogen) atoms. The summed E-state index contributed by atoms with van der Waals surface area (Å²) in [7, 11) is 0. The summed E-state index contributed by atoms with van der Waals surface area (Å²) in [4.78, 5) is 12.8. The van der Waals surface area contributed by atoms with Gasteiger partial charge in [0.2, 0.25) is 0 Å². The van der Waals surface area contributed by atoms with Gasteiger partial charge in [0.25, 0.3) is 0 Å². The number of hydrogen-bond donors (Lipinski definition) is 1. The molecule has 94 valence electrons. The first kappa shape index (κ1) is 12.9. The van der Waals surface area contributed by atoms with Crippen molar-refractivity contribution < 1.29 is 9.53 Å². The van der Waals surface area contributed by atoms with Crippen molar-refractivity contribution in [3.8, 4) is 0 Å². The SMILES string of the molecule is Cc1ccc(N)cc1C(=O)OCc1ccc(Cl)s1. The van der Waals surface area contributed by atoms with Crippen LogP contribution in [0.3, 0.4) is 0 Å². The van der Waals surface area contributed by atoms with Crippen molar-refractivity contribution in [2.75, 3.05) is 5.73 Å². The van der Waals surface area contributed by atoms with Crippen LogP contribution in [0, 0.1) is 6.92 Å². The van der Waals surface area contributed by atoms with Gasteiger partial charge in [-0.25, -0.2) is 4.79 Å². The fourth-order valence-corrected chi connectivity index (χ4v) is 2.50. The van der Waals surface area contributed by atoms with Crippen LogP contribution in [0.1, 0.15) is 20.8 Å². The molecule has 0 atom stereocenters. The quantitative estimate of drug-likeness (QED) is 0.690. The molecule has 2 N–H and O–H groups in total. The third-order valence-electron chi connectivity index (χ3n) is 2.46. The third kappa shape index (κ3) is 3.03. The van der Waals surface area contributed by atoms with Gasteiger partial charge in [-0.05, 0) is 36.8 Å². The zero-order valence-electron chi connectivity index (χ0n) is 9.77. The first-order valence-electron chi connectivity index (χ1n) is 5.34. The first-order valence-corrected chi connectivity index (χ1v) is 6.53. The highest BCUT2D eigenvalue weighted by Gasteiger charge is 2.11. The highest BCUT2D eigenvalue weighted by Crippen LogP contribution is 2.22. The van der Waals surface area contributed by atoms with Crippen LogP contribution in [-0.4, -0.2) is 5.97 Å². The second-order valence-corrected chi connectivity index (χ2v) is 5.66. The lowest BCUT2D eigenvalue weighted by atomic mass is 10.1. The van der Waals surface area contributed by atoms with E-state index in [9.17, 15) is 4.79 Å². The number of carbonyl (C=O) groups is 1.